The zero-order valence-electron chi connectivity index (χ0n) is 8.26. The largest absolute Gasteiger partial charge is 0.394 e. The summed E-state index contributed by atoms with van der Waals surface area (Å²) in [6.07, 6.45) is 5.34. The summed E-state index contributed by atoms with van der Waals surface area (Å²) in [6.45, 7) is -0.250. The second-order valence-electron chi connectivity index (χ2n) is 3.33. The fourth-order valence-electron chi connectivity index (χ4n) is 1.58. The Labute approximate surface area is 87.4 Å². The summed E-state index contributed by atoms with van der Waals surface area (Å²) < 4.78 is 4.48. The van der Waals surface area contributed by atoms with Gasteiger partial charge in [-0.15, -0.1) is 0 Å². The van der Waals surface area contributed by atoms with Crippen LogP contribution in [0.4, 0.5) is 0 Å². The number of ether oxygens (including phenoxy) is 1. The zero-order valence-corrected chi connectivity index (χ0v) is 8.26. The van der Waals surface area contributed by atoms with Gasteiger partial charge < -0.3 is 14.9 Å². The molecule has 1 saturated heterocycles. The normalized spacial score (nSPS) is 27.9. The second kappa shape index (κ2) is 5.63. The molecule has 2 unspecified atom stereocenters. The summed E-state index contributed by atoms with van der Waals surface area (Å²) in [4.78, 5) is 21.9. The molecule has 1 heterocycles. The van der Waals surface area contributed by atoms with Crippen molar-refractivity contribution in [3.8, 4) is 0 Å². The topological polar surface area (TPSA) is 83.8 Å². The number of rotatable bonds is 1. The van der Waals surface area contributed by atoms with E-state index < -0.39 is 0 Å². The van der Waals surface area contributed by atoms with Crippen LogP contribution in [0.2, 0.25) is 0 Å². The van der Waals surface area contributed by atoms with E-state index in [1.165, 1.54) is 0 Å². The summed E-state index contributed by atoms with van der Waals surface area (Å²) in [5.74, 6) is -1.19. The summed E-state index contributed by atoms with van der Waals surface area (Å²) in [5, 5.41) is 15.2. The van der Waals surface area contributed by atoms with Crippen molar-refractivity contribution in [1.82, 2.24) is 0 Å². The van der Waals surface area contributed by atoms with Crippen molar-refractivity contribution < 1.29 is 24.5 Å². The molecule has 1 fully saturated rings. The van der Waals surface area contributed by atoms with Crippen LogP contribution in [0.25, 0.3) is 0 Å². The predicted octanol–water partition coefficient (Wildman–Crippen LogP) is -0.377. The van der Waals surface area contributed by atoms with Crippen molar-refractivity contribution in [1.29, 1.82) is 0 Å². The average Bonchev–Trinajstić information content (AvgIpc) is 2.56. The predicted molar refractivity (Wildman–Crippen MR) is 50.6 cm³/mol. The number of allylic oxidation sites excluding steroid dienone is 1. The van der Waals surface area contributed by atoms with Gasteiger partial charge in [-0.2, -0.15) is 0 Å². The van der Waals surface area contributed by atoms with Crippen molar-refractivity contribution in [2.24, 2.45) is 11.8 Å². The van der Waals surface area contributed by atoms with Gasteiger partial charge in [0.25, 0.3) is 0 Å². The highest BCUT2D eigenvalue weighted by Gasteiger charge is 2.43. The Morgan fingerprint density at radius 1 is 1.27 bits per heavy atom. The number of fused-ring (bicyclic) bond motifs is 1. The fourth-order valence-corrected chi connectivity index (χ4v) is 1.58. The van der Waals surface area contributed by atoms with E-state index in [0.717, 1.165) is 12.8 Å². The molecule has 0 aromatic rings. The third kappa shape index (κ3) is 2.87. The van der Waals surface area contributed by atoms with Crippen LogP contribution < -0.4 is 0 Å². The van der Waals surface area contributed by atoms with E-state index in [1.54, 1.807) is 6.08 Å². The molecular formula is C10H14O5. The lowest BCUT2D eigenvalue weighted by Crippen LogP contribution is -2.17. The maximum atomic E-state index is 10.9. The molecule has 15 heavy (non-hydrogen) atoms. The van der Waals surface area contributed by atoms with Gasteiger partial charge in [-0.25, -0.2) is 0 Å². The third-order valence-electron chi connectivity index (χ3n) is 2.30. The summed E-state index contributed by atoms with van der Waals surface area (Å²) in [6, 6.07) is 0. The van der Waals surface area contributed by atoms with Gasteiger partial charge in [0.15, 0.2) is 0 Å². The molecular weight excluding hydrogens is 200 g/mol. The van der Waals surface area contributed by atoms with Crippen LogP contribution in [0.5, 0.6) is 0 Å². The monoisotopic (exact) mass is 214 g/mol. The maximum Gasteiger partial charge on any atom is 0.321 e. The van der Waals surface area contributed by atoms with Crippen LogP contribution in [-0.4, -0.2) is 35.4 Å². The van der Waals surface area contributed by atoms with E-state index in [0.29, 0.717) is 0 Å². The van der Waals surface area contributed by atoms with Crippen molar-refractivity contribution >= 4 is 11.9 Å². The quantitative estimate of drug-likeness (QED) is 0.353. The Morgan fingerprint density at radius 3 is 2.47 bits per heavy atom. The molecule has 84 valence electrons. The molecule has 0 aromatic carbocycles. The van der Waals surface area contributed by atoms with Crippen molar-refractivity contribution in [2.45, 2.75) is 12.8 Å². The highest BCUT2D eigenvalue weighted by atomic mass is 16.6. The van der Waals surface area contributed by atoms with Gasteiger partial charge in [0.05, 0.1) is 25.0 Å². The van der Waals surface area contributed by atoms with Gasteiger partial charge in [-0.3, -0.25) is 9.59 Å². The molecule has 2 atom stereocenters. The Hall–Kier alpha value is -1.20. The number of carbonyl (C=O) groups excluding carboxylic acids is 2. The summed E-state index contributed by atoms with van der Waals surface area (Å²) in [5.41, 5.74) is 0. The number of carbonyl (C=O) groups is 2. The molecule has 5 heteroatoms. The van der Waals surface area contributed by atoms with Gasteiger partial charge in [0.2, 0.25) is 0 Å². The van der Waals surface area contributed by atoms with Gasteiger partial charge in [-0.1, -0.05) is 12.2 Å². The highest BCUT2D eigenvalue weighted by Crippen LogP contribution is 2.32. The lowest BCUT2D eigenvalue weighted by molar-refractivity contribution is -0.153. The average molecular weight is 214 g/mol. The molecule has 1 aliphatic heterocycles. The second-order valence-corrected chi connectivity index (χ2v) is 3.33. The smallest absolute Gasteiger partial charge is 0.321 e. The molecule has 0 amide bonds. The van der Waals surface area contributed by atoms with Crippen LogP contribution >= 0.6 is 0 Å². The fraction of sp³-hybridized carbons (Fsp3) is 0.600. The van der Waals surface area contributed by atoms with Crippen LogP contribution in [0.1, 0.15) is 12.8 Å². The van der Waals surface area contributed by atoms with E-state index >= 15 is 0 Å². The lowest BCUT2D eigenvalue weighted by atomic mass is 9.86. The summed E-state index contributed by atoms with van der Waals surface area (Å²) in [7, 11) is 0. The van der Waals surface area contributed by atoms with Crippen molar-refractivity contribution in [3.05, 3.63) is 12.2 Å². The minimum Gasteiger partial charge on any atom is -0.394 e. The standard InChI is InChI=1S/C8H8O3.C2H6O2/c9-7-5-3-1-2-4-6(5)8(10)11-7;3-1-2-4/h1,3,5-6H,2,4H2;3-4H,1-2H2. The first-order valence-corrected chi connectivity index (χ1v) is 4.84. The SMILES string of the molecule is O=C1OC(=O)C2CCC=CC12.OCCO. The molecule has 0 radical (unpaired) electrons. The molecule has 0 saturated carbocycles. The first kappa shape index (κ1) is 11.9. The van der Waals surface area contributed by atoms with Crippen LogP contribution in [0, 0.1) is 11.8 Å². The number of cyclic esters (lactones) is 2. The minimum absolute atomic E-state index is 0.125. The molecule has 0 aromatic heterocycles. The van der Waals surface area contributed by atoms with E-state index in [1.807, 2.05) is 6.08 Å². The van der Waals surface area contributed by atoms with Crippen LogP contribution in [0.15, 0.2) is 12.2 Å². The third-order valence-corrected chi connectivity index (χ3v) is 2.30. The summed E-state index contributed by atoms with van der Waals surface area (Å²) >= 11 is 0. The first-order chi connectivity index (χ1) is 7.20. The number of hydrogen-bond acceptors (Lipinski definition) is 5. The van der Waals surface area contributed by atoms with Gasteiger partial charge >= 0.3 is 11.9 Å². The van der Waals surface area contributed by atoms with E-state index in [-0.39, 0.29) is 37.0 Å². The number of aliphatic hydroxyl groups is 2. The first-order valence-electron chi connectivity index (χ1n) is 4.84. The molecule has 1 aliphatic carbocycles. The minimum atomic E-state index is -0.379. The highest BCUT2D eigenvalue weighted by molar-refractivity contribution is 5.97. The van der Waals surface area contributed by atoms with Gasteiger partial charge in [-0.05, 0) is 12.8 Å². The molecule has 2 rings (SSSR count). The maximum absolute atomic E-state index is 10.9. The molecule has 0 bridgehead atoms. The van der Waals surface area contributed by atoms with Crippen LogP contribution in [-0.2, 0) is 14.3 Å². The van der Waals surface area contributed by atoms with E-state index in [2.05, 4.69) is 4.74 Å². The van der Waals surface area contributed by atoms with Crippen LogP contribution in [0.3, 0.4) is 0 Å². The Morgan fingerprint density at radius 2 is 1.93 bits per heavy atom. The Kier molecular flexibility index (Phi) is 4.45. The van der Waals surface area contributed by atoms with Crippen molar-refractivity contribution in [2.75, 3.05) is 13.2 Å². The molecule has 2 N–H and O–H groups in total. The molecule has 2 aliphatic rings. The number of esters is 2. The van der Waals surface area contributed by atoms with Crippen molar-refractivity contribution in [3.63, 3.8) is 0 Å². The van der Waals surface area contributed by atoms with Gasteiger partial charge in [0, 0.05) is 0 Å². The zero-order chi connectivity index (χ0) is 11.3. The van der Waals surface area contributed by atoms with E-state index in [4.69, 9.17) is 10.2 Å². The Bertz CT molecular complexity index is 269. The van der Waals surface area contributed by atoms with E-state index in [9.17, 15) is 9.59 Å². The molecule has 5 nitrogen and oxygen atoms in total. The molecule has 0 spiro atoms. The lowest BCUT2D eigenvalue weighted by Gasteiger charge is -2.12. The number of hydrogen-bond donors (Lipinski definition) is 2. The Balaban J connectivity index is 0.000000245. The van der Waals surface area contributed by atoms with Gasteiger partial charge in [0.1, 0.15) is 0 Å². The number of aliphatic hydroxyl groups excluding tert-OH is 2.